The predicted molar refractivity (Wildman–Crippen MR) is 133 cm³/mol. The van der Waals surface area contributed by atoms with Crippen LogP contribution in [0.4, 0.5) is 14.5 Å². The number of ether oxygens (including phenoxy) is 3. The SMILES string of the molecule is CC1(CO)CN=C(Nc2cc(F)c(OC3C=CN=C4NC=C(C(=N)OC(=N)C5CCC5)C43)c(F)c2)OC1. The predicted octanol–water partition coefficient (Wildman–Crippen LogP) is 3.31. The first-order chi connectivity index (χ1) is 17.8. The van der Waals surface area contributed by atoms with Crippen LogP contribution >= 0.6 is 0 Å². The first kappa shape index (κ1) is 24.9. The number of halogens is 2. The lowest BCUT2D eigenvalue weighted by Crippen LogP contribution is -2.38. The van der Waals surface area contributed by atoms with E-state index in [1.54, 1.807) is 6.08 Å². The number of fused-ring (bicyclic) bond motifs is 1. The highest BCUT2D eigenvalue weighted by molar-refractivity contribution is 6.08. The summed E-state index contributed by atoms with van der Waals surface area (Å²) in [5, 5.41) is 31.6. The fraction of sp³-hybridized carbons (Fsp3) is 0.440. The number of hydrogen-bond acceptors (Lipinski definition) is 10. The molecule has 196 valence electrons. The summed E-state index contributed by atoms with van der Waals surface area (Å²) < 4.78 is 46.7. The summed E-state index contributed by atoms with van der Waals surface area (Å²) in [6.45, 7) is 2.24. The van der Waals surface area contributed by atoms with Crippen molar-refractivity contribution in [2.45, 2.75) is 32.3 Å². The molecule has 0 bridgehead atoms. The second-order valence-corrected chi connectivity index (χ2v) is 9.86. The Balaban J connectivity index is 1.28. The molecule has 0 saturated heterocycles. The van der Waals surface area contributed by atoms with Gasteiger partial charge in [-0.1, -0.05) is 13.3 Å². The molecule has 12 heteroatoms. The molecule has 1 fully saturated rings. The topological polar surface area (TPSA) is 144 Å². The quantitative estimate of drug-likeness (QED) is 0.291. The van der Waals surface area contributed by atoms with E-state index in [9.17, 15) is 5.11 Å². The third-order valence-corrected chi connectivity index (χ3v) is 6.82. The monoisotopic (exact) mass is 514 g/mol. The van der Waals surface area contributed by atoms with Gasteiger partial charge in [-0.2, -0.15) is 0 Å². The summed E-state index contributed by atoms with van der Waals surface area (Å²) in [5.41, 5.74) is -0.0439. The van der Waals surface area contributed by atoms with Gasteiger partial charge in [-0.05, 0) is 18.9 Å². The van der Waals surface area contributed by atoms with Crippen molar-refractivity contribution in [3.05, 3.63) is 47.8 Å². The first-order valence-corrected chi connectivity index (χ1v) is 12.0. The lowest BCUT2D eigenvalue weighted by molar-refractivity contribution is 0.0706. The van der Waals surface area contributed by atoms with Crippen LogP contribution in [0.3, 0.4) is 0 Å². The molecule has 3 heterocycles. The number of rotatable bonds is 6. The molecule has 4 aliphatic rings. The van der Waals surface area contributed by atoms with Gasteiger partial charge >= 0.3 is 0 Å². The molecule has 5 N–H and O–H groups in total. The average molecular weight is 515 g/mol. The minimum Gasteiger partial charge on any atom is -0.479 e. The van der Waals surface area contributed by atoms with Crippen LogP contribution in [0, 0.1) is 39.7 Å². The van der Waals surface area contributed by atoms with Crippen molar-refractivity contribution in [2.24, 2.45) is 27.2 Å². The summed E-state index contributed by atoms with van der Waals surface area (Å²) in [5.74, 6) is -2.84. The zero-order valence-corrected chi connectivity index (χ0v) is 20.2. The summed E-state index contributed by atoms with van der Waals surface area (Å²) in [6, 6.07) is 2.24. The van der Waals surface area contributed by atoms with Gasteiger partial charge in [0.2, 0.25) is 5.90 Å². The van der Waals surface area contributed by atoms with Crippen molar-refractivity contribution in [3.63, 3.8) is 0 Å². The molecule has 3 atom stereocenters. The summed E-state index contributed by atoms with van der Waals surface area (Å²) in [4.78, 5) is 8.43. The van der Waals surface area contributed by atoms with Gasteiger partial charge in [0.15, 0.2) is 23.3 Å². The molecule has 0 amide bonds. The number of aliphatic hydroxyl groups excluding tert-OH is 1. The lowest BCUT2D eigenvalue weighted by Gasteiger charge is -2.30. The summed E-state index contributed by atoms with van der Waals surface area (Å²) >= 11 is 0. The van der Waals surface area contributed by atoms with E-state index in [1.165, 1.54) is 12.4 Å². The van der Waals surface area contributed by atoms with E-state index < -0.39 is 34.8 Å². The van der Waals surface area contributed by atoms with Crippen LogP contribution in [-0.4, -0.2) is 54.6 Å². The number of nitrogens with zero attached hydrogens (tertiary/aromatic N) is 2. The largest absolute Gasteiger partial charge is 0.479 e. The van der Waals surface area contributed by atoms with Gasteiger partial charge in [-0.3, -0.25) is 10.8 Å². The standard InChI is InChI=1S/C25H28F2N6O4/c1-25(11-34)10-32-24(35-12-25)33-14-7-16(26)20(17(27)8-14)36-18-5-6-30-23-19(18)15(9-31-23)22(29)37-21(28)13-3-2-4-13/h5-9,13,18-19,28-29,34H,2-4,10-12H2,1H3,(H,30,31)(H,32,33). The second kappa shape index (κ2) is 9.92. The van der Waals surface area contributed by atoms with Crippen molar-refractivity contribution >= 4 is 29.3 Å². The van der Waals surface area contributed by atoms with Crippen LogP contribution in [0.25, 0.3) is 0 Å². The maximum Gasteiger partial charge on any atom is 0.289 e. The van der Waals surface area contributed by atoms with Crippen molar-refractivity contribution in [1.82, 2.24) is 5.32 Å². The van der Waals surface area contributed by atoms with Crippen LogP contribution in [0.1, 0.15) is 26.2 Å². The molecule has 1 saturated carbocycles. The molecular weight excluding hydrogens is 486 g/mol. The molecular formula is C25H28F2N6O4. The Morgan fingerprint density at radius 1 is 1.30 bits per heavy atom. The van der Waals surface area contributed by atoms with Crippen molar-refractivity contribution in [2.75, 3.05) is 25.1 Å². The Labute approximate surface area is 212 Å². The zero-order valence-electron chi connectivity index (χ0n) is 20.2. The first-order valence-electron chi connectivity index (χ1n) is 12.0. The number of amidine groups is 2. The fourth-order valence-electron chi connectivity index (χ4n) is 4.26. The Bertz CT molecular complexity index is 1220. The summed E-state index contributed by atoms with van der Waals surface area (Å²) in [6.07, 6.45) is 6.43. The highest BCUT2D eigenvalue weighted by Gasteiger charge is 2.40. The molecule has 0 radical (unpaired) electrons. The molecule has 1 aliphatic carbocycles. The van der Waals surface area contributed by atoms with E-state index >= 15 is 8.78 Å². The third kappa shape index (κ3) is 5.06. The van der Waals surface area contributed by atoms with Gasteiger partial charge in [-0.25, -0.2) is 18.8 Å². The van der Waals surface area contributed by atoms with Gasteiger partial charge in [0, 0.05) is 47.1 Å². The number of aliphatic imine (C=N–C) groups is 2. The third-order valence-electron chi connectivity index (χ3n) is 6.82. The van der Waals surface area contributed by atoms with E-state index in [4.69, 9.17) is 25.0 Å². The highest BCUT2D eigenvalue weighted by atomic mass is 19.1. The molecule has 1 aromatic rings. The van der Waals surface area contributed by atoms with E-state index in [0.29, 0.717) is 18.0 Å². The lowest BCUT2D eigenvalue weighted by atomic mass is 9.85. The minimum atomic E-state index is -0.939. The maximum atomic E-state index is 15.0. The van der Waals surface area contributed by atoms with Crippen molar-refractivity contribution in [3.8, 4) is 5.75 Å². The van der Waals surface area contributed by atoms with E-state index in [0.717, 1.165) is 31.4 Å². The van der Waals surface area contributed by atoms with Crippen LogP contribution in [-0.2, 0) is 9.47 Å². The van der Waals surface area contributed by atoms with Gasteiger partial charge in [0.05, 0.1) is 19.1 Å². The van der Waals surface area contributed by atoms with Gasteiger partial charge in [-0.15, -0.1) is 0 Å². The van der Waals surface area contributed by atoms with Crippen molar-refractivity contribution in [1.29, 1.82) is 10.8 Å². The van der Waals surface area contributed by atoms with Crippen LogP contribution in [0.2, 0.25) is 0 Å². The van der Waals surface area contributed by atoms with Gasteiger partial charge < -0.3 is 30.0 Å². The maximum absolute atomic E-state index is 15.0. The average Bonchev–Trinajstić information content (AvgIpc) is 3.27. The number of anilines is 1. The Morgan fingerprint density at radius 3 is 2.68 bits per heavy atom. The van der Waals surface area contributed by atoms with E-state index in [2.05, 4.69) is 20.6 Å². The molecule has 10 nitrogen and oxygen atoms in total. The number of aliphatic hydroxyl groups is 1. The molecule has 0 aromatic heterocycles. The Hall–Kier alpha value is -3.80. The Morgan fingerprint density at radius 2 is 2.05 bits per heavy atom. The molecule has 0 spiro atoms. The van der Waals surface area contributed by atoms with Gasteiger partial charge in [0.25, 0.3) is 6.02 Å². The number of nitrogens with one attached hydrogen (secondary N) is 4. The zero-order chi connectivity index (χ0) is 26.2. The molecule has 3 aliphatic heterocycles. The summed E-state index contributed by atoms with van der Waals surface area (Å²) in [7, 11) is 0. The normalized spacial score (nSPS) is 26.4. The highest BCUT2D eigenvalue weighted by Crippen LogP contribution is 2.34. The minimum absolute atomic E-state index is 0.0150. The van der Waals surface area contributed by atoms with E-state index in [1.807, 2.05) is 6.92 Å². The molecule has 1 aromatic carbocycles. The van der Waals surface area contributed by atoms with Crippen LogP contribution < -0.4 is 15.4 Å². The van der Waals surface area contributed by atoms with E-state index in [-0.39, 0.29) is 42.6 Å². The smallest absolute Gasteiger partial charge is 0.289 e. The van der Waals surface area contributed by atoms with Crippen LogP contribution in [0.5, 0.6) is 5.75 Å². The number of benzene rings is 1. The van der Waals surface area contributed by atoms with Crippen LogP contribution in [0.15, 0.2) is 46.2 Å². The van der Waals surface area contributed by atoms with Crippen molar-refractivity contribution < 1.29 is 28.1 Å². The Kier molecular flexibility index (Phi) is 6.67. The second-order valence-electron chi connectivity index (χ2n) is 9.86. The molecule has 37 heavy (non-hydrogen) atoms. The number of hydrogen-bond donors (Lipinski definition) is 5. The molecule has 5 rings (SSSR count). The molecule has 3 unspecified atom stereocenters. The van der Waals surface area contributed by atoms with Gasteiger partial charge in [0.1, 0.15) is 18.5 Å². The fourth-order valence-corrected chi connectivity index (χ4v) is 4.26.